The summed E-state index contributed by atoms with van der Waals surface area (Å²) in [7, 11) is 0. The number of rotatable bonds is 6. The lowest BCUT2D eigenvalue weighted by Crippen LogP contribution is -2.41. The monoisotopic (exact) mass is 322 g/mol. The molecule has 3 aromatic rings. The van der Waals surface area contributed by atoms with Crippen LogP contribution in [-0.4, -0.2) is 22.0 Å². The third kappa shape index (κ3) is 3.54. The van der Waals surface area contributed by atoms with Gasteiger partial charge in [-0.15, -0.1) is 11.3 Å². The maximum Gasteiger partial charge on any atom is 0.193 e. The van der Waals surface area contributed by atoms with E-state index in [1.165, 1.54) is 0 Å². The molecule has 0 fully saturated rings. The van der Waals surface area contributed by atoms with Crippen molar-refractivity contribution in [2.24, 2.45) is 5.84 Å². The molecule has 0 saturated heterocycles. The first kappa shape index (κ1) is 14.3. The van der Waals surface area contributed by atoms with Crippen LogP contribution in [0.5, 0.6) is 5.75 Å². The van der Waals surface area contributed by atoms with Gasteiger partial charge in [-0.25, -0.2) is 4.98 Å². The van der Waals surface area contributed by atoms with Crippen molar-refractivity contribution in [3.8, 4) is 5.75 Å². The van der Waals surface area contributed by atoms with Crippen molar-refractivity contribution in [1.82, 2.24) is 14.8 Å². The molecule has 1 aromatic carbocycles. The topological polar surface area (TPSA) is 64.6 Å². The van der Waals surface area contributed by atoms with Gasteiger partial charge < -0.3 is 4.74 Å². The summed E-state index contributed by atoms with van der Waals surface area (Å²) in [4.78, 5) is 5.52. The summed E-state index contributed by atoms with van der Waals surface area (Å²) in [6.45, 7) is 0.446. The lowest BCUT2D eigenvalue weighted by Gasteiger charge is -2.15. The molecule has 0 aliphatic rings. The number of fused-ring (bicyclic) bond motifs is 1. The van der Waals surface area contributed by atoms with Crippen molar-refractivity contribution in [3.63, 3.8) is 0 Å². The van der Waals surface area contributed by atoms with E-state index < -0.39 is 0 Å². The average molecular weight is 323 g/mol. The zero-order chi connectivity index (χ0) is 14.7. The van der Waals surface area contributed by atoms with Gasteiger partial charge in [-0.1, -0.05) is 17.7 Å². The van der Waals surface area contributed by atoms with E-state index in [1.807, 2.05) is 40.4 Å². The first-order chi connectivity index (χ1) is 10.2. The Labute approximate surface area is 131 Å². The van der Waals surface area contributed by atoms with Crippen LogP contribution >= 0.6 is 22.9 Å². The fraction of sp³-hybridized carbons (Fsp3) is 0.214. The summed E-state index contributed by atoms with van der Waals surface area (Å²) >= 11 is 7.53. The van der Waals surface area contributed by atoms with Crippen LogP contribution < -0.4 is 16.0 Å². The third-order valence-electron chi connectivity index (χ3n) is 3.08. The second kappa shape index (κ2) is 6.44. The average Bonchev–Trinajstić information content (AvgIpc) is 3.04. The minimum absolute atomic E-state index is 0.0198. The highest BCUT2D eigenvalue weighted by Gasteiger charge is 2.12. The summed E-state index contributed by atoms with van der Waals surface area (Å²) in [5.74, 6) is 6.33. The zero-order valence-corrected chi connectivity index (χ0v) is 12.8. The maximum absolute atomic E-state index is 5.92. The van der Waals surface area contributed by atoms with Gasteiger partial charge in [0.1, 0.15) is 12.4 Å². The van der Waals surface area contributed by atoms with Crippen molar-refractivity contribution in [3.05, 3.63) is 52.8 Å². The Bertz CT molecular complexity index is 698. The van der Waals surface area contributed by atoms with E-state index >= 15 is 0 Å². The number of ether oxygens (including phenoxy) is 1. The molecule has 0 amide bonds. The van der Waals surface area contributed by atoms with Crippen molar-refractivity contribution in [2.75, 3.05) is 6.61 Å². The number of hydrazine groups is 1. The Morgan fingerprint density at radius 3 is 3.14 bits per heavy atom. The zero-order valence-electron chi connectivity index (χ0n) is 11.2. The highest BCUT2D eigenvalue weighted by molar-refractivity contribution is 7.15. The van der Waals surface area contributed by atoms with Gasteiger partial charge >= 0.3 is 0 Å². The minimum Gasteiger partial charge on any atom is -0.492 e. The number of benzene rings is 1. The number of aromatic nitrogens is 2. The Morgan fingerprint density at radius 2 is 2.38 bits per heavy atom. The first-order valence-electron chi connectivity index (χ1n) is 6.50. The van der Waals surface area contributed by atoms with Crippen molar-refractivity contribution < 1.29 is 4.74 Å². The van der Waals surface area contributed by atoms with Crippen LogP contribution in [0.15, 0.2) is 42.0 Å². The van der Waals surface area contributed by atoms with Gasteiger partial charge in [0.25, 0.3) is 0 Å². The van der Waals surface area contributed by atoms with E-state index in [9.17, 15) is 0 Å². The first-order valence-corrected chi connectivity index (χ1v) is 7.76. The van der Waals surface area contributed by atoms with Crippen LogP contribution in [0.1, 0.15) is 5.69 Å². The summed E-state index contributed by atoms with van der Waals surface area (Å²) in [5, 5.41) is 2.66. The van der Waals surface area contributed by atoms with Gasteiger partial charge in [0.15, 0.2) is 4.96 Å². The Hall–Kier alpha value is -1.60. The van der Waals surface area contributed by atoms with Crippen molar-refractivity contribution in [1.29, 1.82) is 0 Å². The maximum atomic E-state index is 5.92. The second-order valence-corrected chi connectivity index (χ2v) is 5.97. The molecular formula is C14H15ClN4OS. The van der Waals surface area contributed by atoms with E-state index in [0.29, 0.717) is 18.1 Å². The van der Waals surface area contributed by atoms with Crippen molar-refractivity contribution >= 4 is 27.9 Å². The molecule has 3 rings (SSSR count). The molecule has 0 bridgehead atoms. The smallest absolute Gasteiger partial charge is 0.193 e. The molecule has 1 unspecified atom stereocenters. The lowest BCUT2D eigenvalue weighted by atomic mass is 10.2. The van der Waals surface area contributed by atoms with Gasteiger partial charge in [-0.2, -0.15) is 0 Å². The molecule has 2 aromatic heterocycles. The van der Waals surface area contributed by atoms with E-state index in [2.05, 4.69) is 10.4 Å². The quantitative estimate of drug-likeness (QED) is 0.540. The Kier molecular flexibility index (Phi) is 4.40. The number of nitrogens with zero attached hydrogens (tertiary/aromatic N) is 2. The number of thiazole rings is 1. The molecule has 110 valence electrons. The molecule has 0 radical (unpaired) electrons. The van der Waals surface area contributed by atoms with Crippen molar-refractivity contribution in [2.45, 2.75) is 12.5 Å². The largest absolute Gasteiger partial charge is 0.492 e. The predicted molar refractivity (Wildman–Crippen MR) is 84.8 cm³/mol. The lowest BCUT2D eigenvalue weighted by molar-refractivity contribution is 0.263. The van der Waals surface area contributed by atoms with Crippen LogP contribution in [0.4, 0.5) is 0 Å². The molecule has 7 heteroatoms. The molecule has 0 saturated carbocycles. The summed E-state index contributed by atoms with van der Waals surface area (Å²) in [5.41, 5.74) is 3.75. The molecule has 0 aliphatic carbocycles. The molecule has 3 N–H and O–H groups in total. The third-order valence-corrected chi connectivity index (χ3v) is 4.09. The molecule has 21 heavy (non-hydrogen) atoms. The second-order valence-electron chi connectivity index (χ2n) is 4.66. The summed E-state index contributed by atoms with van der Waals surface area (Å²) in [6, 6.07) is 7.29. The number of halogens is 1. The number of imidazole rings is 1. The predicted octanol–water partition coefficient (Wildman–Crippen LogP) is 2.50. The van der Waals surface area contributed by atoms with Gasteiger partial charge in [0, 0.05) is 29.2 Å². The molecule has 1 atom stereocenters. The Balaban J connectivity index is 1.61. The number of hydrogen-bond donors (Lipinski definition) is 2. The minimum atomic E-state index is -0.0198. The highest BCUT2D eigenvalue weighted by Crippen LogP contribution is 2.18. The van der Waals surface area contributed by atoms with Gasteiger partial charge in [-0.05, 0) is 18.2 Å². The molecular weight excluding hydrogens is 308 g/mol. The normalized spacial score (nSPS) is 12.7. The van der Waals surface area contributed by atoms with E-state index in [4.69, 9.17) is 22.2 Å². The fourth-order valence-electron chi connectivity index (χ4n) is 2.05. The standard InChI is InChI=1S/C14H15ClN4OS/c15-10-2-1-3-13(6-10)20-9-12(18-16)7-11-8-19-4-5-21-14(19)17-11/h1-6,8,12,18H,7,9,16H2. The number of nitrogens with two attached hydrogens (primary N) is 1. The van der Waals surface area contributed by atoms with Crippen LogP contribution in [-0.2, 0) is 6.42 Å². The van der Waals surface area contributed by atoms with E-state index in [1.54, 1.807) is 17.4 Å². The van der Waals surface area contributed by atoms with Gasteiger partial charge in [-0.3, -0.25) is 15.7 Å². The van der Waals surface area contributed by atoms with Gasteiger partial charge in [0.05, 0.1) is 11.7 Å². The van der Waals surface area contributed by atoms with Crippen LogP contribution in [0.3, 0.4) is 0 Å². The Morgan fingerprint density at radius 1 is 1.48 bits per heavy atom. The van der Waals surface area contributed by atoms with Crippen LogP contribution in [0, 0.1) is 0 Å². The molecule has 2 heterocycles. The molecule has 0 aliphatic heterocycles. The van der Waals surface area contributed by atoms with E-state index in [-0.39, 0.29) is 6.04 Å². The summed E-state index contributed by atoms with van der Waals surface area (Å²) < 4.78 is 7.71. The van der Waals surface area contributed by atoms with Crippen LogP contribution in [0.25, 0.3) is 4.96 Å². The highest BCUT2D eigenvalue weighted by atomic mass is 35.5. The fourth-order valence-corrected chi connectivity index (χ4v) is 2.95. The van der Waals surface area contributed by atoms with Gasteiger partial charge in [0.2, 0.25) is 0 Å². The number of hydrogen-bond acceptors (Lipinski definition) is 5. The van der Waals surface area contributed by atoms with Crippen LogP contribution in [0.2, 0.25) is 5.02 Å². The molecule has 0 spiro atoms. The SMILES string of the molecule is NNC(COc1cccc(Cl)c1)Cc1cn2ccsc2n1. The number of nitrogens with one attached hydrogen (secondary N) is 1. The van der Waals surface area contributed by atoms with E-state index in [0.717, 1.165) is 16.4 Å². The molecule has 5 nitrogen and oxygen atoms in total. The summed E-state index contributed by atoms with van der Waals surface area (Å²) in [6.07, 6.45) is 4.70.